The van der Waals surface area contributed by atoms with Gasteiger partial charge in [0.1, 0.15) is 11.3 Å². The van der Waals surface area contributed by atoms with Crippen molar-refractivity contribution in [2.45, 2.75) is 39.2 Å². The van der Waals surface area contributed by atoms with E-state index in [1.54, 1.807) is 11.0 Å². The Hall–Kier alpha value is -3.16. The molecule has 3 aromatic rings. The van der Waals surface area contributed by atoms with Gasteiger partial charge in [-0.2, -0.15) is 0 Å². The number of morpholine rings is 1. The molecule has 1 aromatic heterocycles. The molecule has 1 saturated heterocycles. The van der Waals surface area contributed by atoms with E-state index in [0.717, 1.165) is 69.0 Å². The molecule has 0 N–H and O–H groups in total. The Kier molecular flexibility index (Phi) is 7.39. The van der Waals surface area contributed by atoms with Crippen molar-refractivity contribution in [3.05, 3.63) is 75.1 Å². The third-order valence-corrected chi connectivity index (χ3v) is 7.04. The molecule has 0 aliphatic carbocycles. The highest BCUT2D eigenvalue weighted by molar-refractivity contribution is 5.99. The van der Waals surface area contributed by atoms with Crippen molar-refractivity contribution < 1.29 is 18.7 Å². The van der Waals surface area contributed by atoms with Crippen molar-refractivity contribution in [3.63, 3.8) is 0 Å². The van der Waals surface area contributed by atoms with Gasteiger partial charge in [-0.25, -0.2) is 0 Å². The average molecular weight is 491 g/mol. The Labute approximate surface area is 211 Å². The van der Waals surface area contributed by atoms with E-state index >= 15 is 0 Å². The van der Waals surface area contributed by atoms with Crippen LogP contribution in [0.2, 0.25) is 0 Å². The Morgan fingerprint density at radius 2 is 1.86 bits per heavy atom. The van der Waals surface area contributed by atoms with Crippen LogP contribution in [0.25, 0.3) is 11.0 Å². The van der Waals surface area contributed by atoms with Gasteiger partial charge in [0.15, 0.2) is 5.43 Å². The van der Waals surface area contributed by atoms with Crippen molar-refractivity contribution in [1.82, 2.24) is 9.80 Å². The van der Waals surface area contributed by atoms with Crippen LogP contribution in [0, 0.1) is 6.92 Å². The first-order chi connectivity index (χ1) is 17.6. The lowest BCUT2D eigenvalue weighted by molar-refractivity contribution is 0.0353. The number of ether oxygens (including phenoxy) is 2. The minimum atomic E-state index is -0.506. The Bertz CT molecular complexity index is 1290. The highest BCUT2D eigenvalue weighted by Crippen LogP contribution is 2.39. The maximum atomic E-state index is 13.8. The molecule has 7 nitrogen and oxygen atoms in total. The molecule has 1 atom stereocenters. The van der Waals surface area contributed by atoms with Crippen LogP contribution in [0.4, 0.5) is 0 Å². The molecule has 2 aromatic carbocycles. The van der Waals surface area contributed by atoms with E-state index < -0.39 is 6.04 Å². The molecular weight excluding hydrogens is 456 g/mol. The average Bonchev–Trinajstić information content (AvgIpc) is 3.17. The quantitative estimate of drug-likeness (QED) is 0.410. The fraction of sp³-hybridized carbons (Fsp3) is 0.448. The number of hydrogen-bond acceptors (Lipinski definition) is 6. The van der Waals surface area contributed by atoms with Crippen LogP contribution in [-0.4, -0.2) is 61.7 Å². The molecule has 0 bridgehead atoms. The van der Waals surface area contributed by atoms with Gasteiger partial charge in [-0.1, -0.05) is 37.1 Å². The van der Waals surface area contributed by atoms with Gasteiger partial charge in [0.2, 0.25) is 5.76 Å². The van der Waals surface area contributed by atoms with E-state index in [0.29, 0.717) is 29.7 Å². The second kappa shape index (κ2) is 10.8. The first-order valence-electron chi connectivity index (χ1n) is 13.0. The van der Waals surface area contributed by atoms with E-state index in [1.165, 1.54) is 0 Å². The molecule has 0 unspecified atom stereocenters. The lowest BCUT2D eigenvalue weighted by Crippen LogP contribution is -2.38. The molecule has 7 heteroatoms. The molecule has 2 aliphatic rings. The maximum absolute atomic E-state index is 13.8. The van der Waals surface area contributed by atoms with Gasteiger partial charge in [0, 0.05) is 26.2 Å². The number of aryl methyl sites for hydroxylation is 1. The topological polar surface area (TPSA) is 72.2 Å². The van der Waals surface area contributed by atoms with Crippen LogP contribution < -0.4 is 10.2 Å². The normalized spacial score (nSPS) is 18.1. The van der Waals surface area contributed by atoms with E-state index in [1.807, 2.05) is 43.3 Å². The van der Waals surface area contributed by atoms with E-state index in [4.69, 9.17) is 13.9 Å². The lowest BCUT2D eigenvalue weighted by Gasteiger charge is -2.29. The minimum Gasteiger partial charge on any atom is -0.494 e. The van der Waals surface area contributed by atoms with Gasteiger partial charge >= 0.3 is 0 Å². The molecule has 190 valence electrons. The molecule has 1 amide bonds. The van der Waals surface area contributed by atoms with Crippen LogP contribution in [0.3, 0.4) is 0 Å². The monoisotopic (exact) mass is 490 g/mol. The molecule has 0 radical (unpaired) electrons. The number of benzene rings is 2. The van der Waals surface area contributed by atoms with Crippen molar-refractivity contribution in [2.24, 2.45) is 0 Å². The fourth-order valence-electron chi connectivity index (χ4n) is 5.11. The van der Waals surface area contributed by atoms with Crippen LogP contribution in [-0.2, 0) is 4.74 Å². The van der Waals surface area contributed by atoms with Gasteiger partial charge < -0.3 is 18.8 Å². The minimum absolute atomic E-state index is 0.138. The third kappa shape index (κ3) is 4.90. The number of rotatable bonds is 9. The summed E-state index contributed by atoms with van der Waals surface area (Å²) in [5, 5.41) is 0.511. The summed E-state index contributed by atoms with van der Waals surface area (Å²) >= 11 is 0. The standard InChI is InChI=1S/C29H34N2O5/c1-3-4-15-35-22-8-5-7-21(19-22)26-25-27(32)23-18-20(2)9-10-24(23)36-28(25)29(33)31(26)12-6-11-30-13-16-34-17-14-30/h5,7-10,18-19,26H,3-4,6,11-17H2,1-2H3/t26-/m1/s1. The first-order valence-corrected chi connectivity index (χ1v) is 13.0. The lowest BCUT2D eigenvalue weighted by atomic mass is 9.98. The zero-order chi connectivity index (χ0) is 25.1. The predicted molar refractivity (Wildman–Crippen MR) is 139 cm³/mol. The Morgan fingerprint density at radius 3 is 2.67 bits per heavy atom. The number of nitrogens with zero attached hydrogens (tertiary/aromatic N) is 2. The molecule has 36 heavy (non-hydrogen) atoms. The molecule has 0 spiro atoms. The number of unbranched alkanes of at least 4 members (excludes halogenated alkanes) is 1. The van der Waals surface area contributed by atoms with Crippen LogP contribution >= 0.6 is 0 Å². The number of fused-ring (bicyclic) bond motifs is 2. The third-order valence-electron chi connectivity index (χ3n) is 7.04. The van der Waals surface area contributed by atoms with Crippen LogP contribution in [0.1, 0.15) is 59.5 Å². The second-order valence-electron chi connectivity index (χ2n) is 9.66. The van der Waals surface area contributed by atoms with Crippen molar-refractivity contribution in [2.75, 3.05) is 46.0 Å². The van der Waals surface area contributed by atoms with Crippen molar-refractivity contribution >= 4 is 16.9 Å². The van der Waals surface area contributed by atoms with Crippen LogP contribution in [0.15, 0.2) is 51.7 Å². The largest absolute Gasteiger partial charge is 0.494 e. The summed E-state index contributed by atoms with van der Waals surface area (Å²) in [5.74, 6) is 0.676. The van der Waals surface area contributed by atoms with Gasteiger partial charge in [-0.05, 0) is 49.6 Å². The molecule has 0 saturated carbocycles. The smallest absolute Gasteiger partial charge is 0.290 e. The van der Waals surface area contributed by atoms with Crippen molar-refractivity contribution in [3.8, 4) is 5.75 Å². The van der Waals surface area contributed by atoms with Gasteiger partial charge in [0.05, 0.1) is 36.8 Å². The Balaban J connectivity index is 1.51. The highest BCUT2D eigenvalue weighted by Gasteiger charge is 2.42. The second-order valence-corrected chi connectivity index (χ2v) is 9.66. The molecule has 5 rings (SSSR count). The number of hydrogen-bond donors (Lipinski definition) is 0. The summed E-state index contributed by atoms with van der Waals surface area (Å²) in [4.78, 5) is 31.6. The van der Waals surface area contributed by atoms with E-state index in [-0.39, 0.29) is 17.1 Å². The van der Waals surface area contributed by atoms with E-state index in [2.05, 4.69) is 11.8 Å². The Morgan fingerprint density at radius 1 is 1.03 bits per heavy atom. The van der Waals surface area contributed by atoms with Gasteiger partial charge in [-0.3, -0.25) is 14.5 Å². The fourth-order valence-corrected chi connectivity index (χ4v) is 5.11. The molecule has 2 aliphatic heterocycles. The van der Waals surface area contributed by atoms with Crippen LogP contribution in [0.5, 0.6) is 5.75 Å². The molecule has 3 heterocycles. The van der Waals surface area contributed by atoms with Crippen molar-refractivity contribution in [1.29, 1.82) is 0 Å². The summed E-state index contributed by atoms with van der Waals surface area (Å²) in [6, 6.07) is 12.8. The zero-order valence-corrected chi connectivity index (χ0v) is 21.1. The summed E-state index contributed by atoms with van der Waals surface area (Å²) in [5.41, 5.74) is 2.57. The number of amides is 1. The summed E-state index contributed by atoms with van der Waals surface area (Å²) in [6.45, 7) is 9.40. The van der Waals surface area contributed by atoms with Gasteiger partial charge in [0.25, 0.3) is 5.91 Å². The summed E-state index contributed by atoms with van der Waals surface area (Å²) < 4.78 is 17.5. The number of carbonyl (C=O) groups excluding carboxylic acids is 1. The maximum Gasteiger partial charge on any atom is 0.290 e. The highest BCUT2D eigenvalue weighted by atomic mass is 16.5. The molecular formula is C29H34N2O5. The predicted octanol–water partition coefficient (Wildman–Crippen LogP) is 4.55. The zero-order valence-electron chi connectivity index (χ0n) is 21.1. The first kappa shape index (κ1) is 24.5. The van der Waals surface area contributed by atoms with Gasteiger partial charge in [-0.15, -0.1) is 0 Å². The molecule has 1 fully saturated rings. The summed E-state index contributed by atoms with van der Waals surface area (Å²) in [6.07, 6.45) is 2.82. The van der Waals surface area contributed by atoms with E-state index in [9.17, 15) is 9.59 Å². The SMILES string of the molecule is CCCCOc1cccc([C@@H]2c3c(oc4ccc(C)cc4c3=O)C(=O)N2CCCN2CCOCC2)c1. The summed E-state index contributed by atoms with van der Waals surface area (Å²) in [7, 11) is 0. The number of carbonyl (C=O) groups is 1.